The van der Waals surface area contributed by atoms with Crippen LogP contribution in [0.5, 0.6) is 0 Å². The summed E-state index contributed by atoms with van der Waals surface area (Å²) in [5, 5.41) is 23.5. The summed E-state index contributed by atoms with van der Waals surface area (Å²) < 4.78 is 28.1. The highest BCUT2D eigenvalue weighted by Gasteiger charge is 2.90. The van der Waals surface area contributed by atoms with E-state index in [0.29, 0.717) is 5.56 Å². The molecule has 2 aliphatic heterocycles. The molecule has 0 unspecified atom stereocenters. The van der Waals surface area contributed by atoms with Crippen molar-refractivity contribution in [3.8, 4) is 0 Å². The number of esters is 3. The molecule has 4 fully saturated rings. The van der Waals surface area contributed by atoms with Crippen LogP contribution in [0.15, 0.2) is 23.0 Å². The van der Waals surface area contributed by atoms with Crippen LogP contribution >= 0.6 is 0 Å². The van der Waals surface area contributed by atoms with Crippen molar-refractivity contribution in [2.45, 2.75) is 96.4 Å². The van der Waals surface area contributed by atoms with E-state index in [4.69, 9.17) is 23.4 Å². The fraction of sp³-hybridized carbons (Fsp3) is 0.724. The molecular weight excluding hydrogens is 524 g/mol. The maximum atomic E-state index is 14.4. The molecule has 1 spiro atoms. The van der Waals surface area contributed by atoms with Gasteiger partial charge in [0.25, 0.3) is 0 Å². The molecule has 4 aliphatic rings. The first kappa shape index (κ1) is 28.8. The summed E-state index contributed by atoms with van der Waals surface area (Å²) in [6, 6.07) is 1.67. The van der Waals surface area contributed by atoms with Crippen molar-refractivity contribution in [2.24, 2.45) is 28.1 Å². The Morgan fingerprint density at radius 2 is 1.88 bits per heavy atom. The van der Waals surface area contributed by atoms with Crippen molar-refractivity contribution in [3.05, 3.63) is 24.2 Å². The molecule has 0 amide bonds. The van der Waals surface area contributed by atoms with Crippen molar-refractivity contribution in [3.63, 3.8) is 0 Å². The number of hydrogen-bond donors (Lipinski definition) is 2. The molecule has 40 heavy (non-hydrogen) atoms. The average molecular weight is 563 g/mol. The fourth-order valence-electron chi connectivity index (χ4n) is 9.09. The molecule has 11 nitrogen and oxygen atoms in total. The molecule has 2 N–H and O–H groups in total. The molecule has 11 heteroatoms. The molecule has 0 bridgehead atoms. The summed E-state index contributed by atoms with van der Waals surface area (Å²) in [4.78, 5) is 52.6. The predicted molar refractivity (Wildman–Crippen MR) is 135 cm³/mol. The minimum Gasteiger partial charge on any atom is -0.472 e. The number of furan rings is 1. The van der Waals surface area contributed by atoms with Gasteiger partial charge < -0.3 is 33.6 Å². The van der Waals surface area contributed by atoms with E-state index in [9.17, 15) is 29.4 Å². The highest BCUT2D eigenvalue weighted by Crippen LogP contribution is 2.78. The number of carbonyl (C=O) groups excluding carboxylic acids is 4. The highest BCUT2D eigenvalue weighted by molar-refractivity contribution is 5.93. The van der Waals surface area contributed by atoms with Crippen molar-refractivity contribution in [2.75, 3.05) is 7.11 Å². The zero-order valence-electron chi connectivity index (χ0n) is 23.9. The van der Waals surface area contributed by atoms with Crippen LogP contribution < -0.4 is 0 Å². The smallest absolute Gasteiger partial charge is 0.339 e. The Kier molecular flexibility index (Phi) is 6.38. The number of cyclic esters (lactones) is 1. The van der Waals surface area contributed by atoms with Gasteiger partial charge in [-0.15, -0.1) is 0 Å². The number of carbonyl (C=O) groups is 4. The van der Waals surface area contributed by atoms with E-state index in [1.165, 1.54) is 26.6 Å². The summed E-state index contributed by atoms with van der Waals surface area (Å²) in [5.74, 6) is -4.07. The molecule has 2 aliphatic carbocycles. The Labute approximate surface area is 232 Å². The van der Waals surface area contributed by atoms with Crippen LogP contribution in [0.3, 0.4) is 0 Å². The third-order valence-electron chi connectivity index (χ3n) is 10.6. The second kappa shape index (κ2) is 8.87. The average Bonchev–Trinajstić information content (AvgIpc) is 3.42. The topological polar surface area (TPSA) is 162 Å². The van der Waals surface area contributed by atoms with Crippen LogP contribution in [-0.2, 0) is 38.1 Å². The lowest BCUT2D eigenvalue weighted by Crippen LogP contribution is -2.76. The van der Waals surface area contributed by atoms with Crippen LogP contribution in [0.1, 0.15) is 72.5 Å². The largest absolute Gasteiger partial charge is 0.472 e. The molecule has 3 heterocycles. The minimum absolute atomic E-state index is 0.0549. The van der Waals surface area contributed by atoms with E-state index in [1.807, 2.05) is 6.92 Å². The number of fused-ring (bicyclic) bond motifs is 1. The Balaban J connectivity index is 1.74. The van der Waals surface area contributed by atoms with Crippen LogP contribution in [0.2, 0.25) is 0 Å². The van der Waals surface area contributed by atoms with E-state index in [0.717, 1.165) is 0 Å². The summed E-state index contributed by atoms with van der Waals surface area (Å²) in [6.07, 6.45) is -1.85. The summed E-state index contributed by atoms with van der Waals surface area (Å²) >= 11 is 0. The van der Waals surface area contributed by atoms with E-state index in [-0.39, 0.29) is 25.0 Å². The molecule has 220 valence electrons. The Hall–Kier alpha value is -2.76. The SMILES string of the molecule is COC(=O)C[C@H](OC(C)=O)[C@]1(C)[C@H]2[C@@H](O)C[C@@]3(C)[C@H](c4ccoc4)OC(=O)[C@H]4O[C@]43[C@]2(C)C(=O)C[C@H]1C(C)(C)O. The number of ether oxygens (including phenoxy) is 4. The third-order valence-corrected chi connectivity index (χ3v) is 10.6. The molecule has 0 aromatic carbocycles. The van der Waals surface area contributed by atoms with Crippen molar-refractivity contribution >= 4 is 23.7 Å². The molecule has 5 rings (SSSR count). The summed E-state index contributed by atoms with van der Waals surface area (Å²) in [6.45, 7) is 9.57. The van der Waals surface area contributed by atoms with Crippen LogP contribution in [0.4, 0.5) is 0 Å². The maximum absolute atomic E-state index is 14.4. The first-order chi connectivity index (χ1) is 18.5. The van der Waals surface area contributed by atoms with Crippen LogP contribution in [-0.4, -0.2) is 70.5 Å². The number of Topliss-reactive ketones (excluding diaryl/α,β-unsaturated/α-hetero) is 1. The van der Waals surface area contributed by atoms with E-state index >= 15 is 0 Å². The van der Waals surface area contributed by atoms with Gasteiger partial charge in [-0.2, -0.15) is 0 Å². The normalized spacial score (nSPS) is 43.0. The number of epoxide rings is 1. The van der Waals surface area contributed by atoms with Gasteiger partial charge in [-0.25, -0.2) is 4.79 Å². The number of ketones is 1. The van der Waals surface area contributed by atoms with E-state index < -0.39 is 81.6 Å². The molecule has 2 saturated carbocycles. The first-order valence-electron chi connectivity index (χ1n) is 13.6. The second-order valence-electron chi connectivity index (χ2n) is 13.1. The Bertz CT molecular complexity index is 1230. The first-order valence-corrected chi connectivity index (χ1v) is 13.6. The minimum atomic E-state index is -1.49. The molecule has 2 saturated heterocycles. The van der Waals surface area contributed by atoms with Crippen LogP contribution in [0, 0.1) is 28.1 Å². The number of aliphatic hydroxyl groups is 2. The summed E-state index contributed by atoms with van der Waals surface area (Å²) in [7, 11) is 1.21. The molecule has 10 atom stereocenters. The van der Waals surface area contributed by atoms with Crippen LogP contribution in [0.25, 0.3) is 0 Å². The zero-order chi connectivity index (χ0) is 29.6. The number of rotatable bonds is 6. The van der Waals surface area contributed by atoms with Gasteiger partial charge in [0.15, 0.2) is 6.10 Å². The molecule has 1 aromatic rings. The summed E-state index contributed by atoms with van der Waals surface area (Å²) in [5.41, 5.74) is -6.14. The number of aliphatic hydroxyl groups excluding tert-OH is 1. The number of methoxy groups -OCH3 is 1. The van der Waals surface area contributed by atoms with Gasteiger partial charge in [-0.3, -0.25) is 14.4 Å². The lowest BCUT2D eigenvalue weighted by atomic mass is 9.36. The third kappa shape index (κ3) is 3.53. The second-order valence-corrected chi connectivity index (χ2v) is 13.1. The van der Waals surface area contributed by atoms with Crippen molar-refractivity contribution in [1.29, 1.82) is 0 Å². The maximum Gasteiger partial charge on any atom is 0.339 e. The monoisotopic (exact) mass is 562 g/mol. The van der Waals surface area contributed by atoms with Gasteiger partial charge >= 0.3 is 17.9 Å². The lowest BCUT2D eigenvalue weighted by molar-refractivity contribution is -0.264. The van der Waals surface area contributed by atoms with Gasteiger partial charge in [0.1, 0.15) is 23.6 Å². The quantitative estimate of drug-likeness (QED) is 0.297. The predicted octanol–water partition coefficient (Wildman–Crippen LogP) is 2.27. The molecular formula is C29H38O11. The Morgan fingerprint density at radius 1 is 1.20 bits per heavy atom. The fourth-order valence-corrected chi connectivity index (χ4v) is 9.09. The van der Waals surface area contributed by atoms with Gasteiger partial charge in [-0.1, -0.05) is 13.8 Å². The van der Waals surface area contributed by atoms with E-state index in [1.54, 1.807) is 33.8 Å². The van der Waals surface area contributed by atoms with E-state index in [2.05, 4.69) is 0 Å². The van der Waals surface area contributed by atoms with Gasteiger partial charge in [0, 0.05) is 41.6 Å². The van der Waals surface area contributed by atoms with Gasteiger partial charge in [0.05, 0.1) is 43.2 Å². The van der Waals surface area contributed by atoms with Gasteiger partial charge in [-0.05, 0) is 33.3 Å². The zero-order valence-corrected chi connectivity index (χ0v) is 23.9. The lowest BCUT2D eigenvalue weighted by Gasteiger charge is -2.67. The standard InChI is InChI=1S/C29H38O11/c1-14(30)38-19(11-20(33)36-7)27(5)17(25(2,3)35)10-18(32)28(6)21(27)16(31)12-26(4)22(15-8-9-37-13-15)39-24(34)23-29(26,28)40-23/h8-9,13,16-17,19,21-23,31,35H,10-12H2,1-7H3/t16-,17-,19-,21+,22-,23+,26-,27+,28+,29+/m0/s1. The highest BCUT2D eigenvalue weighted by atomic mass is 16.7. The van der Waals surface area contributed by atoms with Crippen molar-refractivity contribution < 1.29 is 52.8 Å². The number of hydrogen-bond acceptors (Lipinski definition) is 11. The Morgan fingerprint density at radius 3 is 2.42 bits per heavy atom. The van der Waals surface area contributed by atoms with Crippen molar-refractivity contribution in [1.82, 2.24) is 0 Å². The molecule has 0 radical (unpaired) electrons. The molecule has 1 aromatic heterocycles. The van der Waals surface area contributed by atoms with Gasteiger partial charge in [0.2, 0.25) is 0 Å².